The SMILES string of the molecule is Cn1cc(C(=O)NCc2cc(C#CCO)ccc2F)cn1. The van der Waals surface area contributed by atoms with E-state index < -0.39 is 5.82 Å². The minimum atomic E-state index is -0.420. The molecule has 0 aliphatic rings. The molecule has 0 saturated heterocycles. The number of hydrogen-bond donors (Lipinski definition) is 2. The van der Waals surface area contributed by atoms with Gasteiger partial charge < -0.3 is 10.4 Å². The third kappa shape index (κ3) is 3.91. The number of hydrogen-bond acceptors (Lipinski definition) is 3. The van der Waals surface area contributed by atoms with Crippen LogP contribution in [0.15, 0.2) is 30.6 Å². The van der Waals surface area contributed by atoms with E-state index in [0.717, 1.165) is 0 Å². The smallest absolute Gasteiger partial charge is 0.254 e. The van der Waals surface area contributed by atoms with Crippen LogP contribution in [0, 0.1) is 17.7 Å². The van der Waals surface area contributed by atoms with Gasteiger partial charge in [0.15, 0.2) is 0 Å². The highest BCUT2D eigenvalue weighted by Crippen LogP contribution is 2.10. The highest BCUT2D eigenvalue weighted by atomic mass is 19.1. The normalized spacial score (nSPS) is 9.86. The standard InChI is InChI=1S/C15H14FN3O2/c1-19-10-13(9-18-19)15(21)17-8-12-7-11(3-2-6-20)4-5-14(12)16/h4-5,7,9-10,20H,6,8H2,1H3,(H,17,21). The monoisotopic (exact) mass is 287 g/mol. The number of carbonyl (C=O) groups is 1. The number of nitrogens with one attached hydrogen (secondary N) is 1. The van der Waals surface area contributed by atoms with E-state index in [2.05, 4.69) is 22.3 Å². The zero-order valence-electron chi connectivity index (χ0n) is 11.4. The molecular formula is C15H14FN3O2. The first kappa shape index (κ1) is 14.8. The van der Waals surface area contributed by atoms with Crippen LogP contribution in [0.25, 0.3) is 0 Å². The number of benzene rings is 1. The zero-order chi connectivity index (χ0) is 15.2. The highest BCUT2D eigenvalue weighted by molar-refractivity contribution is 5.93. The van der Waals surface area contributed by atoms with Crippen LogP contribution in [0.1, 0.15) is 21.5 Å². The zero-order valence-corrected chi connectivity index (χ0v) is 11.4. The van der Waals surface area contributed by atoms with E-state index >= 15 is 0 Å². The molecule has 2 rings (SSSR count). The second kappa shape index (κ2) is 6.68. The fourth-order valence-corrected chi connectivity index (χ4v) is 1.75. The van der Waals surface area contributed by atoms with Crippen molar-refractivity contribution in [2.45, 2.75) is 6.54 Å². The Balaban J connectivity index is 2.07. The topological polar surface area (TPSA) is 67.2 Å². The predicted octanol–water partition coefficient (Wildman–Crippen LogP) is 0.833. The summed E-state index contributed by atoms with van der Waals surface area (Å²) in [6.07, 6.45) is 3.02. The van der Waals surface area contributed by atoms with E-state index in [1.165, 1.54) is 23.0 Å². The molecule has 1 aromatic heterocycles. The van der Waals surface area contributed by atoms with Gasteiger partial charge in [0.1, 0.15) is 12.4 Å². The van der Waals surface area contributed by atoms with Crippen LogP contribution < -0.4 is 5.32 Å². The number of aliphatic hydroxyl groups excluding tert-OH is 1. The van der Waals surface area contributed by atoms with Gasteiger partial charge in [-0.2, -0.15) is 5.10 Å². The third-order valence-corrected chi connectivity index (χ3v) is 2.76. The fraction of sp³-hybridized carbons (Fsp3) is 0.200. The lowest BCUT2D eigenvalue weighted by molar-refractivity contribution is 0.0950. The summed E-state index contributed by atoms with van der Waals surface area (Å²) in [5.74, 6) is 4.44. The number of carbonyl (C=O) groups excluding carboxylic acids is 1. The van der Waals surface area contributed by atoms with Gasteiger partial charge in [-0.3, -0.25) is 9.48 Å². The van der Waals surface area contributed by atoms with Crippen LogP contribution in [-0.2, 0) is 13.6 Å². The van der Waals surface area contributed by atoms with Gasteiger partial charge in [0.2, 0.25) is 0 Å². The second-order valence-corrected chi connectivity index (χ2v) is 4.35. The minimum absolute atomic E-state index is 0.0498. The molecule has 0 fully saturated rings. The van der Waals surface area contributed by atoms with Crippen molar-refractivity contribution in [3.63, 3.8) is 0 Å². The van der Waals surface area contributed by atoms with Gasteiger partial charge in [-0.25, -0.2) is 4.39 Å². The Bertz CT molecular complexity index is 713. The summed E-state index contributed by atoms with van der Waals surface area (Å²) in [7, 11) is 1.71. The van der Waals surface area contributed by atoms with Crippen LogP contribution in [0.5, 0.6) is 0 Å². The van der Waals surface area contributed by atoms with E-state index in [1.807, 2.05) is 0 Å². The van der Waals surface area contributed by atoms with Crippen molar-refractivity contribution in [2.75, 3.05) is 6.61 Å². The lowest BCUT2D eigenvalue weighted by Crippen LogP contribution is -2.23. The van der Waals surface area contributed by atoms with Crippen molar-refractivity contribution in [2.24, 2.45) is 7.05 Å². The number of aryl methyl sites for hydroxylation is 1. The third-order valence-electron chi connectivity index (χ3n) is 2.76. The van der Waals surface area contributed by atoms with Crippen molar-refractivity contribution in [1.82, 2.24) is 15.1 Å². The van der Waals surface area contributed by atoms with Crippen molar-refractivity contribution in [1.29, 1.82) is 0 Å². The Morgan fingerprint density at radius 2 is 2.33 bits per heavy atom. The van der Waals surface area contributed by atoms with Gasteiger partial charge in [0.25, 0.3) is 5.91 Å². The first-order valence-corrected chi connectivity index (χ1v) is 6.25. The van der Waals surface area contributed by atoms with Gasteiger partial charge in [-0.05, 0) is 18.2 Å². The first-order valence-electron chi connectivity index (χ1n) is 6.25. The molecule has 5 nitrogen and oxygen atoms in total. The van der Waals surface area contributed by atoms with E-state index in [0.29, 0.717) is 16.7 Å². The number of amides is 1. The lowest BCUT2D eigenvalue weighted by Gasteiger charge is -2.06. The summed E-state index contributed by atoms with van der Waals surface area (Å²) in [5, 5.41) is 15.2. The van der Waals surface area contributed by atoms with E-state index in [9.17, 15) is 9.18 Å². The molecule has 1 amide bonds. The second-order valence-electron chi connectivity index (χ2n) is 4.35. The summed E-state index contributed by atoms with van der Waals surface area (Å²) < 4.78 is 15.2. The van der Waals surface area contributed by atoms with E-state index in [4.69, 9.17) is 5.11 Å². The van der Waals surface area contributed by atoms with Crippen molar-refractivity contribution >= 4 is 5.91 Å². The molecule has 108 valence electrons. The Morgan fingerprint density at radius 1 is 1.52 bits per heavy atom. The lowest BCUT2D eigenvalue weighted by atomic mass is 10.1. The molecule has 0 aliphatic carbocycles. The Labute approximate surface area is 121 Å². The maximum atomic E-state index is 13.7. The molecule has 1 aromatic carbocycles. The molecule has 21 heavy (non-hydrogen) atoms. The molecular weight excluding hydrogens is 273 g/mol. The average molecular weight is 287 g/mol. The predicted molar refractivity (Wildman–Crippen MR) is 74.7 cm³/mol. The number of rotatable bonds is 3. The largest absolute Gasteiger partial charge is 0.384 e. The van der Waals surface area contributed by atoms with Gasteiger partial charge >= 0.3 is 0 Å². The summed E-state index contributed by atoms with van der Waals surface area (Å²) >= 11 is 0. The number of nitrogens with zero attached hydrogens (tertiary/aromatic N) is 2. The van der Waals surface area contributed by atoms with Crippen LogP contribution >= 0.6 is 0 Å². The molecule has 0 bridgehead atoms. The van der Waals surface area contributed by atoms with Gasteiger partial charge in [0, 0.05) is 30.9 Å². The Hall–Kier alpha value is -2.65. The summed E-state index contributed by atoms with van der Waals surface area (Å²) in [6, 6.07) is 4.35. The van der Waals surface area contributed by atoms with Crippen LogP contribution in [-0.4, -0.2) is 27.4 Å². The van der Waals surface area contributed by atoms with Gasteiger partial charge in [-0.1, -0.05) is 11.8 Å². The van der Waals surface area contributed by atoms with Crippen molar-refractivity contribution in [3.05, 3.63) is 53.1 Å². The molecule has 0 unspecified atom stereocenters. The van der Waals surface area contributed by atoms with Crippen LogP contribution in [0.3, 0.4) is 0 Å². The number of aromatic nitrogens is 2. The van der Waals surface area contributed by atoms with Crippen LogP contribution in [0.2, 0.25) is 0 Å². The van der Waals surface area contributed by atoms with Crippen molar-refractivity contribution < 1.29 is 14.3 Å². The quantitative estimate of drug-likeness (QED) is 0.822. The van der Waals surface area contributed by atoms with E-state index in [1.54, 1.807) is 19.3 Å². The van der Waals surface area contributed by atoms with Crippen molar-refractivity contribution in [3.8, 4) is 11.8 Å². The fourth-order valence-electron chi connectivity index (χ4n) is 1.75. The first-order chi connectivity index (χ1) is 10.1. The summed E-state index contributed by atoms with van der Waals surface area (Å²) in [4.78, 5) is 11.9. The highest BCUT2D eigenvalue weighted by Gasteiger charge is 2.09. The number of aliphatic hydroxyl groups is 1. The molecule has 0 saturated carbocycles. The molecule has 2 N–H and O–H groups in total. The average Bonchev–Trinajstić information content (AvgIpc) is 2.91. The summed E-state index contributed by atoms with van der Waals surface area (Å²) in [6.45, 7) is -0.210. The molecule has 2 aromatic rings. The molecule has 0 radical (unpaired) electrons. The molecule has 0 aliphatic heterocycles. The Kier molecular flexibility index (Phi) is 4.69. The molecule has 0 atom stereocenters. The molecule has 0 spiro atoms. The van der Waals surface area contributed by atoms with Gasteiger partial charge in [0.05, 0.1) is 11.8 Å². The maximum Gasteiger partial charge on any atom is 0.254 e. The molecule has 6 heteroatoms. The maximum absolute atomic E-state index is 13.7. The Morgan fingerprint density at radius 3 is 3.00 bits per heavy atom. The summed E-state index contributed by atoms with van der Waals surface area (Å²) in [5.41, 5.74) is 1.32. The van der Waals surface area contributed by atoms with Gasteiger partial charge in [-0.15, -0.1) is 0 Å². The molecule has 1 heterocycles. The number of halogens is 1. The van der Waals surface area contributed by atoms with Crippen LogP contribution in [0.4, 0.5) is 4.39 Å². The van der Waals surface area contributed by atoms with E-state index in [-0.39, 0.29) is 19.1 Å². The minimum Gasteiger partial charge on any atom is -0.384 e.